The highest BCUT2D eigenvalue weighted by Crippen LogP contribution is 2.20. The van der Waals surface area contributed by atoms with Gasteiger partial charge < -0.3 is 10.1 Å². The van der Waals surface area contributed by atoms with Crippen LogP contribution >= 0.6 is 0 Å². The molecule has 0 spiro atoms. The van der Waals surface area contributed by atoms with E-state index in [9.17, 15) is 9.18 Å². The van der Waals surface area contributed by atoms with Crippen molar-refractivity contribution in [2.24, 2.45) is 0 Å². The molecule has 1 N–H and O–H groups in total. The maximum Gasteiger partial charge on any atom is 0.339 e. The molecule has 0 heterocycles. The topological polar surface area (TPSA) is 38.3 Å². The maximum atomic E-state index is 13.4. The molecule has 0 aliphatic heterocycles. The Hall–Kier alpha value is -1.58. The Balaban J connectivity index is 2.56. The van der Waals surface area contributed by atoms with Crippen molar-refractivity contribution in [1.29, 1.82) is 0 Å². The summed E-state index contributed by atoms with van der Waals surface area (Å²) in [5, 5.41) is 3.22. The Morgan fingerprint density at radius 3 is 2.67 bits per heavy atom. The molecule has 0 radical (unpaired) electrons. The molecular formula is C17H26FNO2. The Kier molecular flexibility index (Phi) is 7.80. The highest BCUT2D eigenvalue weighted by molar-refractivity contribution is 5.95. The lowest BCUT2D eigenvalue weighted by Crippen LogP contribution is -2.18. The van der Waals surface area contributed by atoms with Crippen LogP contribution in [0, 0.1) is 5.82 Å². The summed E-state index contributed by atoms with van der Waals surface area (Å²) in [5.41, 5.74) is 0.875. The van der Waals surface area contributed by atoms with Crippen molar-refractivity contribution in [3.8, 4) is 0 Å². The quantitative estimate of drug-likeness (QED) is 0.526. The van der Waals surface area contributed by atoms with Crippen molar-refractivity contribution >= 4 is 11.7 Å². The fourth-order valence-electron chi connectivity index (χ4n) is 2.32. The monoisotopic (exact) mass is 295 g/mol. The minimum Gasteiger partial charge on any atom is -0.465 e. The number of hydrogen-bond acceptors (Lipinski definition) is 3. The van der Waals surface area contributed by atoms with Gasteiger partial charge >= 0.3 is 5.97 Å². The average Bonchev–Trinajstić information content (AvgIpc) is 2.46. The first-order chi connectivity index (χ1) is 10.1. The SMILES string of the molecule is CCCCCCCC(C)Nc1cc(F)ccc1C(=O)OC. The van der Waals surface area contributed by atoms with Crippen molar-refractivity contribution in [3.05, 3.63) is 29.6 Å². The Morgan fingerprint density at radius 1 is 1.29 bits per heavy atom. The first-order valence-electron chi connectivity index (χ1n) is 7.72. The molecule has 1 aromatic rings. The lowest BCUT2D eigenvalue weighted by atomic mass is 10.1. The molecule has 0 aliphatic rings. The number of carbonyl (C=O) groups is 1. The summed E-state index contributed by atoms with van der Waals surface area (Å²) in [4.78, 5) is 11.7. The van der Waals surface area contributed by atoms with Crippen molar-refractivity contribution < 1.29 is 13.9 Å². The summed E-state index contributed by atoms with van der Waals surface area (Å²) in [5.74, 6) is -0.812. The molecule has 0 saturated carbocycles. The van der Waals surface area contributed by atoms with Crippen molar-refractivity contribution in [2.45, 2.75) is 58.4 Å². The fraction of sp³-hybridized carbons (Fsp3) is 0.588. The number of benzene rings is 1. The molecule has 118 valence electrons. The maximum absolute atomic E-state index is 13.4. The van der Waals surface area contributed by atoms with E-state index in [1.807, 2.05) is 6.92 Å². The number of rotatable bonds is 9. The van der Waals surface area contributed by atoms with Crippen LogP contribution in [0.3, 0.4) is 0 Å². The first kappa shape index (κ1) is 17.5. The van der Waals surface area contributed by atoms with Crippen molar-refractivity contribution in [1.82, 2.24) is 0 Å². The number of methoxy groups -OCH3 is 1. The van der Waals surface area contributed by atoms with Gasteiger partial charge in [0.05, 0.1) is 18.4 Å². The van der Waals surface area contributed by atoms with E-state index in [1.54, 1.807) is 0 Å². The van der Waals surface area contributed by atoms with Gasteiger partial charge in [0, 0.05) is 6.04 Å². The van der Waals surface area contributed by atoms with Crippen LogP contribution in [0.4, 0.5) is 10.1 Å². The van der Waals surface area contributed by atoms with Crippen LogP contribution in [0.2, 0.25) is 0 Å². The summed E-state index contributed by atoms with van der Waals surface area (Å²) >= 11 is 0. The highest BCUT2D eigenvalue weighted by atomic mass is 19.1. The number of esters is 1. The fourth-order valence-corrected chi connectivity index (χ4v) is 2.32. The normalized spacial score (nSPS) is 12.0. The number of nitrogens with one attached hydrogen (secondary N) is 1. The molecule has 0 saturated heterocycles. The van der Waals surface area contributed by atoms with Crippen LogP contribution in [-0.4, -0.2) is 19.1 Å². The number of carbonyl (C=O) groups excluding carboxylic acids is 1. The van der Waals surface area contributed by atoms with E-state index in [-0.39, 0.29) is 11.9 Å². The van der Waals surface area contributed by atoms with E-state index >= 15 is 0 Å². The Morgan fingerprint density at radius 2 is 2.00 bits per heavy atom. The molecule has 0 bridgehead atoms. The smallest absolute Gasteiger partial charge is 0.339 e. The second-order valence-electron chi connectivity index (χ2n) is 5.43. The molecule has 1 atom stereocenters. The molecule has 21 heavy (non-hydrogen) atoms. The predicted octanol–water partition coefficient (Wildman–Crippen LogP) is 4.77. The standard InChI is InChI=1S/C17H26FNO2/c1-4-5-6-7-8-9-13(2)19-16-12-14(18)10-11-15(16)17(20)21-3/h10-13,19H,4-9H2,1-3H3. The van der Waals surface area contributed by atoms with E-state index in [1.165, 1.54) is 51.0 Å². The number of halogens is 1. The lowest BCUT2D eigenvalue weighted by Gasteiger charge is -2.17. The van der Waals surface area contributed by atoms with E-state index in [0.717, 1.165) is 12.8 Å². The van der Waals surface area contributed by atoms with Gasteiger partial charge in [0.25, 0.3) is 0 Å². The molecule has 1 unspecified atom stereocenters. The van der Waals surface area contributed by atoms with Gasteiger partial charge in [-0.25, -0.2) is 9.18 Å². The summed E-state index contributed by atoms with van der Waals surface area (Å²) in [6.07, 6.45) is 7.12. The molecule has 3 nitrogen and oxygen atoms in total. The number of anilines is 1. The molecule has 1 rings (SSSR count). The first-order valence-corrected chi connectivity index (χ1v) is 7.72. The van der Waals surface area contributed by atoms with E-state index < -0.39 is 5.97 Å². The molecule has 4 heteroatoms. The van der Waals surface area contributed by atoms with Crippen LogP contribution in [0.1, 0.15) is 62.7 Å². The largest absolute Gasteiger partial charge is 0.465 e. The molecular weight excluding hydrogens is 269 g/mol. The van der Waals surface area contributed by atoms with E-state index in [0.29, 0.717) is 11.3 Å². The Labute approximate surface area is 126 Å². The predicted molar refractivity (Wildman–Crippen MR) is 84.2 cm³/mol. The van der Waals surface area contributed by atoms with Crippen molar-refractivity contribution in [2.75, 3.05) is 12.4 Å². The van der Waals surface area contributed by atoms with E-state index in [2.05, 4.69) is 12.2 Å². The summed E-state index contributed by atoms with van der Waals surface area (Å²) in [6, 6.07) is 4.27. The number of unbranched alkanes of at least 4 members (excludes halogenated alkanes) is 4. The third kappa shape index (κ3) is 6.15. The van der Waals surface area contributed by atoms with Gasteiger partial charge in [0.2, 0.25) is 0 Å². The van der Waals surface area contributed by atoms with Gasteiger partial charge in [0.15, 0.2) is 0 Å². The summed E-state index contributed by atoms with van der Waals surface area (Å²) in [7, 11) is 1.33. The van der Waals surface area contributed by atoms with Crippen LogP contribution in [0.15, 0.2) is 18.2 Å². The molecule has 0 amide bonds. The lowest BCUT2D eigenvalue weighted by molar-refractivity contribution is 0.0601. The van der Waals surface area contributed by atoms with Gasteiger partial charge in [-0.05, 0) is 31.5 Å². The third-order valence-corrected chi connectivity index (χ3v) is 3.53. The number of hydrogen-bond donors (Lipinski definition) is 1. The van der Waals surface area contributed by atoms with Gasteiger partial charge in [-0.2, -0.15) is 0 Å². The molecule has 1 aromatic carbocycles. The zero-order valence-electron chi connectivity index (χ0n) is 13.2. The second-order valence-corrected chi connectivity index (χ2v) is 5.43. The molecule has 0 aromatic heterocycles. The highest BCUT2D eigenvalue weighted by Gasteiger charge is 2.14. The minimum atomic E-state index is -0.451. The van der Waals surface area contributed by atoms with Gasteiger partial charge in [-0.1, -0.05) is 39.0 Å². The zero-order valence-corrected chi connectivity index (χ0v) is 13.2. The van der Waals surface area contributed by atoms with Gasteiger partial charge in [-0.15, -0.1) is 0 Å². The Bertz CT molecular complexity index is 448. The zero-order chi connectivity index (χ0) is 15.7. The average molecular weight is 295 g/mol. The molecule has 0 aliphatic carbocycles. The van der Waals surface area contributed by atoms with Gasteiger partial charge in [-0.3, -0.25) is 0 Å². The third-order valence-electron chi connectivity index (χ3n) is 3.53. The summed E-state index contributed by atoms with van der Waals surface area (Å²) < 4.78 is 18.1. The van der Waals surface area contributed by atoms with Gasteiger partial charge in [0.1, 0.15) is 5.82 Å². The van der Waals surface area contributed by atoms with E-state index in [4.69, 9.17) is 4.74 Å². The second kappa shape index (κ2) is 9.37. The van der Waals surface area contributed by atoms with Crippen LogP contribution in [-0.2, 0) is 4.74 Å². The van der Waals surface area contributed by atoms with Crippen LogP contribution in [0.25, 0.3) is 0 Å². The minimum absolute atomic E-state index is 0.192. The summed E-state index contributed by atoms with van der Waals surface area (Å²) in [6.45, 7) is 4.24. The van der Waals surface area contributed by atoms with Crippen molar-refractivity contribution in [3.63, 3.8) is 0 Å². The number of ether oxygens (including phenoxy) is 1. The van der Waals surface area contributed by atoms with Crippen LogP contribution in [0.5, 0.6) is 0 Å². The molecule has 0 fully saturated rings. The van der Waals surface area contributed by atoms with Crippen LogP contribution < -0.4 is 5.32 Å².